The van der Waals surface area contributed by atoms with E-state index in [4.69, 9.17) is 10.3 Å². The third-order valence-corrected chi connectivity index (χ3v) is 7.13. The fourth-order valence-electron chi connectivity index (χ4n) is 4.23. The van der Waals surface area contributed by atoms with Crippen molar-refractivity contribution in [2.24, 2.45) is 16.3 Å². The van der Waals surface area contributed by atoms with Crippen molar-refractivity contribution < 1.29 is 0 Å². The molecular weight excluding hydrogens is 376 g/mol. The van der Waals surface area contributed by atoms with E-state index in [0.717, 1.165) is 46.3 Å². The highest BCUT2D eigenvalue weighted by molar-refractivity contribution is 7.16. The Labute approximate surface area is 175 Å². The van der Waals surface area contributed by atoms with Crippen LogP contribution in [0.15, 0.2) is 35.5 Å². The maximum atomic E-state index is 9.77. The van der Waals surface area contributed by atoms with Crippen molar-refractivity contribution in [3.05, 3.63) is 52.0 Å². The number of rotatable bonds is 3. The number of benzene rings is 1. The number of fused-ring (bicyclic) bond motifs is 2. The van der Waals surface area contributed by atoms with Crippen LogP contribution >= 0.6 is 11.3 Å². The Morgan fingerprint density at radius 1 is 1.28 bits per heavy atom. The van der Waals surface area contributed by atoms with Gasteiger partial charge in [0.2, 0.25) is 0 Å². The average molecular weight is 401 g/mol. The molecule has 1 aliphatic rings. The van der Waals surface area contributed by atoms with Crippen molar-refractivity contribution in [2.75, 3.05) is 0 Å². The minimum atomic E-state index is 0.278. The van der Waals surface area contributed by atoms with Gasteiger partial charge in [0.25, 0.3) is 0 Å². The second kappa shape index (κ2) is 7.50. The second-order valence-corrected chi connectivity index (χ2v) is 9.83. The van der Waals surface area contributed by atoms with E-state index in [0.29, 0.717) is 12.5 Å². The number of thiophene rings is 1. The van der Waals surface area contributed by atoms with Gasteiger partial charge in [-0.1, -0.05) is 39.0 Å². The lowest BCUT2D eigenvalue weighted by molar-refractivity contribution is 0.218. The number of para-hydroxylation sites is 1. The molecule has 0 unspecified atom stereocenters. The van der Waals surface area contributed by atoms with Gasteiger partial charge in [0, 0.05) is 33.8 Å². The third kappa shape index (κ3) is 3.59. The SMILES string of the molecule is CC(C)(C)[C@@H]1CCc2c(sc(N=Cc3cn(CC#N)c4ccccc34)c2C#N)C1. The van der Waals surface area contributed by atoms with E-state index < -0.39 is 0 Å². The summed E-state index contributed by atoms with van der Waals surface area (Å²) in [5.74, 6) is 0.640. The Balaban J connectivity index is 1.70. The standard InChI is InChI=1S/C24H24N4S/c1-24(2,3)17-8-9-19-20(13-26)23(29-22(19)12-17)27-14-16-15-28(11-10-25)21-7-5-4-6-18(16)21/h4-7,14-15,17H,8-9,11-12H2,1-3H3/t17-/m1/s1. The lowest BCUT2D eigenvalue weighted by Crippen LogP contribution is -2.26. The lowest BCUT2D eigenvalue weighted by Gasteiger charge is -2.33. The molecule has 1 aromatic carbocycles. The maximum Gasteiger partial charge on any atom is 0.134 e. The van der Waals surface area contributed by atoms with Crippen LogP contribution in [0.3, 0.4) is 0 Å². The fourth-order valence-corrected chi connectivity index (χ4v) is 5.45. The zero-order chi connectivity index (χ0) is 20.6. The van der Waals surface area contributed by atoms with Crippen LogP contribution in [-0.4, -0.2) is 10.8 Å². The van der Waals surface area contributed by atoms with Crippen molar-refractivity contribution in [1.82, 2.24) is 4.57 Å². The Bertz CT molecular complexity index is 1170. The molecule has 0 aliphatic heterocycles. The highest BCUT2D eigenvalue weighted by Crippen LogP contribution is 2.44. The predicted octanol–water partition coefficient (Wildman–Crippen LogP) is 6.00. The van der Waals surface area contributed by atoms with E-state index in [9.17, 15) is 5.26 Å². The Hall–Kier alpha value is -2.89. The summed E-state index contributed by atoms with van der Waals surface area (Å²) in [4.78, 5) is 6.06. The summed E-state index contributed by atoms with van der Waals surface area (Å²) < 4.78 is 1.94. The van der Waals surface area contributed by atoms with E-state index in [-0.39, 0.29) is 5.41 Å². The van der Waals surface area contributed by atoms with Crippen molar-refractivity contribution in [2.45, 2.75) is 46.6 Å². The van der Waals surface area contributed by atoms with Gasteiger partial charge in [-0.2, -0.15) is 10.5 Å². The normalized spacial score (nSPS) is 16.7. The molecular formula is C24H24N4S. The first kappa shape index (κ1) is 19.4. The van der Waals surface area contributed by atoms with E-state index in [2.05, 4.69) is 32.9 Å². The van der Waals surface area contributed by atoms with Crippen molar-refractivity contribution in [3.8, 4) is 12.1 Å². The number of nitrogens with zero attached hydrogens (tertiary/aromatic N) is 4. The highest BCUT2D eigenvalue weighted by Gasteiger charge is 2.32. The summed E-state index contributed by atoms with van der Waals surface area (Å²) in [6.45, 7) is 7.21. The van der Waals surface area contributed by atoms with Crippen LogP contribution in [-0.2, 0) is 19.4 Å². The summed E-state index contributed by atoms with van der Waals surface area (Å²) in [5.41, 5.74) is 4.22. The van der Waals surface area contributed by atoms with Gasteiger partial charge in [-0.15, -0.1) is 11.3 Å². The molecule has 4 rings (SSSR count). The maximum absolute atomic E-state index is 9.77. The molecule has 3 aromatic rings. The molecule has 0 radical (unpaired) electrons. The monoisotopic (exact) mass is 400 g/mol. The quantitative estimate of drug-likeness (QED) is 0.506. The largest absolute Gasteiger partial charge is 0.333 e. The molecule has 0 saturated heterocycles. The van der Waals surface area contributed by atoms with Crippen LogP contribution in [0.5, 0.6) is 0 Å². The van der Waals surface area contributed by atoms with Gasteiger partial charge in [0.1, 0.15) is 17.6 Å². The zero-order valence-electron chi connectivity index (χ0n) is 17.1. The minimum Gasteiger partial charge on any atom is -0.333 e. The van der Waals surface area contributed by atoms with Gasteiger partial charge >= 0.3 is 0 Å². The second-order valence-electron chi connectivity index (χ2n) is 8.75. The van der Waals surface area contributed by atoms with E-state index in [1.165, 1.54) is 10.4 Å². The third-order valence-electron chi connectivity index (χ3n) is 5.96. The first-order valence-electron chi connectivity index (χ1n) is 9.96. The molecule has 0 saturated carbocycles. The zero-order valence-corrected chi connectivity index (χ0v) is 17.9. The molecule has 5 heteroatoms. The summed E-state index contributed by atoms with van der Waals surface area (Å²) in [6.07, 6.45) is 6.94. The smallest absolute Gasteiger partial charge is 0.134 e. The van der Waals surface area contributed by atoms with Crippen molar-refractivity contribution >= 4 is 33.5 Å². The molecule has 2 heterocycles. The summed E-state index contributed by atoms with van der Waals surface area (Å²) in [5, 5.41) is 20.8. The van der Waals surface area contributed by atoms with Crippen molar-refractivity contribution in [1.29, 1.82) is 10.5 Å². The lowest BCUT2D eigenvalue weighted by atomic mass is 9.72. The first-order valence-corrected chi connectivity index (χ1v) is 10.8. The van der Waals surface area contributed by atoms with E-state index in [1.54, 1.807) is 11.3 Å². The molecule has 2 aromatic heterocycles. The van der Waals surface area contributed by atoms with Crippen LogP contribution < -0.4 is 0 Å². The van der Waals surface area contributed by atoms with Crippen molar-refractivity contribution in [3.63, 3.8) is 0 Å². The van der Waals surface area contributed by atoms with Crippen LogP contribution in [0.1, 0.15) is 48.8 Å². The van der Waals surface area contributed by atoms with E-state index >= 15 is 0 Å². The average Bonchev–Trinajstić information content (AvgIpc) is 3.23. The number of aliphatic imine (C=N–C) groups is 1. The molecule has 0 bridgehead atoms. The van der Waals surface area contributed by atoms with Gasteiger partial charge in [0.05, 0.1) is 11.6 Å². The molecule has 0 spiro atoms. The molecule has 1 aliphatic carbocycles. The van der Waals surface area contributed by atoms with Gasteiger partial charge in [0.15, 0.2) is 0 Å². The molecule has 1 atom stereocenters. The predicted molar refractivity (Wildman–Crippen MR) is 119 cm³/mol. The Morgan fingerprint density at radius 2 is 2.07 bits per heavy atom. The number of nitriles is 2. The van der Waals surface area contributed by atoms with Gasteiger partial charge in [-0.05, 0) is 42.2 Å². The number of aromatic nitrogens is 1. The fraction of sp³-hybridized carbons (Fsp3) is 0.375. The topological polar surface area (TPSA) is 64.9 Å². The molecule has 0 amide bonds. The van der Waals surface area contributed by atoms with Gasteiger partial charge < -0.3 is 4.57 Å². The molecule has 4 nitrogen and oxygen atoms in total. The van der Waals surface area contributed by atoms with Crippen LogP contribution in [0.2, 0.25) is 0 Å². The van der Waals surface area contributed by atoms with Crippen LogP contribution in [0.25, 0.3) is 10.9 Å². The highest BCUT2D eigenvalue weighted by atomic mass is 32.1. The first-order chi connectivity index (χ1) is 13.9. The summed E-state index contributed by atoms with van der Waals surface area (Å²) >= 11 is 1.67. The van der Waals surface area contributed by atoms with Crippen LogP contribution in [0.4, 0.5) is 5.00 Å². The molecule has 29 heavy (non-hydrogen) atoms. The minimum absolute atomic E-state index is 0.278. The molecule has 146 valence electrons. The Morgan fingerprint density at radius 3 is 2.79 bits per heavy atom. The summed E-state index contributed by atoms with van der Waals surface area (Å²) in [7, 11) is 0. The van der Waals surface area contributed by atoms with Gasteiger partial charge in [-0.25, -0.2) is 4.99 Å². The molecule has 0 N–H and O–H groups in total. The Kier molecular flexibility index (Phi) is 5.03. The number of hydrogen-bond donors (Lipinski definition) is 0. The number of hydrogen-bond acceptors (Lipinski definition) is 4. The van der Waals surface area contributed by atoms with E-state index in [1.807, 2.05) is 41.2 Å². The summed E-state index contributed by atoms with van der Waals surface area (Å²) in [6, 6.07) is 12.6. The van der Waals surface area contributed by atoms with Gasteiger partial charge in [-0.3, -0.25) is 0 Å². The molecule has 0 fully saturated rings. The van der Waals surface area contributed by atoms with Crippen LogP contribution in [0, 0.1) is 34.0 Å².